The number of fused-ring (bicyclic) bond motifs is 2. The molecule has 0 amide bonds. The molecule has 0 unspecified atom stereocenters. The molecule has 0 atom stereocenters. The molecule has 0 aliphatic heterocycles. The maximum Gasteiger partial charge on any atom is 0.167 e. The normalized spacial score (nSPS) is 16.0. The number of rotatable bonds is 2. The number of Topliss-reactive ketones (excluding diaryl/α,β-unsaturated/α-hetero) is 1. The van der Waals surface area contributed by atoms with Gasteiger partial charge in [0.1, 0.15) is 16.9 Å². The maximum absolute atomic E-state index is 12.6. The largest absolute Gasteiger partial charge is 0.506 e. The topological polar surface area (TPSA) is 70.3 Å². The number of phenolic OH excluding ortho intramolecular Hbond substituents is 1. The van der Waals surface area contributed by atoms with Gasteiger partial charge < -0.3 is 9.84 Å². The third-order valence-electron chi connectivity index (χ3n) is 4.26. The summed E-state index contributed by atoms with van der Waals surface area (Å²) in [4.78, 5) is 13.4. The minimum Gasteiger partial charge on any atom is -0.506 e. The van der Waals surface area contributed by atoms with E-state index in [1.165, 1.54) is 7.11 Å². The second kappa shape index (κ2) is 5.47. The summed E-state index contributed by atoms with van der Waals surface area (Å²) in [6.07, 6.45) is 1.03. The van der Waals surface area contributed by atoms with E-state index in [1.807, 2.05) is 26.0 Å². The summed E-state index contributed by atoms with van der Waals surface area (Å²) in [6.45, 7) is 4.06. The number of methoxy groups -OCH3 is 1. The van der Waals surface area contributed by atoms with Gasteiger partial charge in [-0.2, -0.15) is 5.26 Å². The maximum atomic E-state index is 12.6. The van der Waals surface area contributed by atoms with E-state index in [0.717, 1.165) is 27.6 Å². The van der Waals surface area contributed by atoms with Gasteiger partial charge in [0.05, 0.1) is 18.1 Å². The van der Waals surface area contributed by atoms with Crippen LogP contribution in [0.2, 0.25) is 0 Å². The first-order valence-corrected chi connectivity index (χ1v) is 8.15. The highest BCUT2D eigenvalue weighted by molar-refractivity contribution is 8.04. The zero-order valence-corrected chi connectivity index (χ0v) is 14.1. The van der Waals surface area contributed by atoms with Crippen LogP contribution >= 0.6 is 11.8 Å². The SMILES string of the molecule is COc1cccc2c(SC#N)c3c(c(O)c12)C(=O)CC(C)(C)C3. The van der Waals surface area contributed by atoms with Gasteiger partial charge in [-0.15, -0.1) is 0 Å². The fourth-order valence-corrected chi connectivity index (χ4v) is 4.04. The number of phenols is 1. The smallest absolute Gasteiger partial charge is 0.167 e. The fourth-order valence-electron chi connectivity index (χ4n) is 3.37. The van der Waals surface area contributed by atoms with Crippen molar-refractivity contribution < 1.29 is 14.6 Å². The molecule has 2 aromatic carbocycles. The van der Waals surface area contributed by atoms with E-state index in [-0.39, 0.29) is 16.9 Å². The van der Waals surface area contributed by atoms with Gasteiger partial charge in [-0.1, -0.05) is 26.0 Å². The molecule has 1 N–H and O–H groups in total. The Morgan fingerprint density at radius 3 is 2.74 bits per heavy atom. The van der Waals surface area contributed by atoms with E-state index in [4.69, 9.17) is 4.74 Å². The van der Waals surface area contributed by atoms with Crippen molar-refractivity contribution in [3.05, 3.63) is 29.3 Å². The Bertz CT molecular complexity index is 865. The van der Waals surface area contributed by atoms with Gasteiger partial charge in [-0.05, 0) is 35.2 Å². The molecule has 0 saturated carbocycles. The van der Waals surface area contributed by atoms with Crippen LogP contribution in [0.1, 0.15) is 36.2 Å². The summed E-state index contributed by atoms with van der Waals surface area (Å²) in [5.74, 6) is 0.386. The predicted octanol–water partition coefficient (Wildman–Crippen LogP) is 4.28. The minimum absolute atomic E-state index is 0.0322. The first kappa shape index (κ1) is 15.7. The van der Waals surface area contributed by atoms with Gasteiger partial charge in [0.25, 0.3) is 0 Å². The van der Waals surface area contributed by atoms with E-state index in [2.05, 4.69) is 5.40 Å². The Hall–Kier alpha value is -2.19. The number of nitrogens with zero attached hydrogens (tertiary/aromatic N) is 1. The number of nitriles is 1. The lowest BCUT2D eigenvalue weighted by Crippen LogP contribution is -2.27. The molecule has 118 valence electrons. The first-order chi connectivity index (χ1) is 10.9. The molecule has 0 spiro atoms. The predicted molar refractivity (Wildman–Crippen MR) is 90.1 cm³/mol. The Morgan fingerprint density at radius 1 is 1.35 bits per heavy atom. The molecule has 3 rings (SSSR count). The van der Waals surface area contributed by atoms with Crippen molar-refractivity contribution in [1.29, 1.82) is 5.26 Å². The van der Waals surface area contributed by atoms with E-state index in [0.29, 0.717) is 29.5 Å². The number of thioether (sulfide) groups is 1. The molecule has 0 saturated heterocycles. The number of ether oxygens (including phenoxy) is 1. The molecule has 4 nitrogen and oxygen atoms in total. The van der Waals surface area contributed by atoms with Gasteiger partial charge >= 0.3 is 0 Å². The van der Waals surface area contributed by atoms with Crippen molar-refractivity contribution >= 4 is 28.3 Å². The number of hydrogen-bond donors (Lipinski definition) is 1. The second-order valence-electron chi connectivity index (χ2n) is 6.55. The first-order valence-electron chi connectivity index (χ1n) is 7.33. The van der Waals surface area contributed by atoms with Crippen molar-refractivity contribution in [2.24, 2.45) is 5.41 Å². The third-order valence-corrected chi connectivity index (χ3v) is 5.02. The van der Waals surface area contributed by atoms with E-state index in [9.17, 15) is 15.2 Å². The highest BCUT2D eigenvalue weighted by Crippen LogP contribution is 2.49. The highest BCUT2D eigenvalue weighted by Gasteiger charge is 2.36. The van der Waals surface area contributed by atoms with Gasteiger partial charge in [0, 0.05) is 16.7 Å². The quantitative estimate of drug-likeness (QED) is 0.658. The van der Waals surface area contributed by atoms with Crippen molar-refractivity contribution in [3.63, 3.8) is 0 Å². The van der Waals surface area contributed by atoms with Crippen molar-refractivity contribution in [1.82, 2.24) is 0 Å². The zero-order valence-electron chi connectivity index (χ0n) is 13.3. The Balaban J connectivity index is 2.47. The van der Waals surface area contributed by atoms with Crippen LogP contribution in [0, 0.1) is 16.1 Å². The van der Waals surface area contributed by atoms with E-state index >= 15 is 0 Å². The lowest BCUT2D eigenvalue weighted by molar-refractivity contribution is 0.0908. The minimum atomic E-state index is -0.187. The Kier molecular flexibility index (Phi) is 3.73. The van der Waals surface area contributed by atoms with Crippen molar-refractivity contribution in [3.8, 4) is 16.9 Å². The molecule has 23 heavy (non-hydrogen) atoms. The molecule has 1 aliphatic rings. The van der Waals surface area contributed by atoms with Crippen LogP contribution in [0.15, 0.2) is 23.1 Å². The zero-order chi connectivity index (χ0) is 16.8. The number of hydrogen-bond acceptors (Lipinski definition) is 5. The number of carbonyl (C=O) groups excluding carboxylic acids is 1. The standard InChI is InChI=1S/C18H17NO3S/c1-18(2)7-11-14(12(20)8-18)16(21)15-10(17(11)23-9-19)5-4-6-13(15)22-3/h4-6,21H,7-8H2,1-3H3. The lowest BCUT2D eigenvalue weighted by Gasteiger charge is -2.32. The summed E-state index contributed by atoms with van der Waals surface area (Å²) in [7, 11) is 1.52. The highest BCUT2D eigenvalue weighted by atomic mass is 32.2. The number of ketones is 1. The summed E-state index contributed by atoms with van der Waals surface area (Å²) < 4.78 is 5.35. The molecule has 1 aliphatic carbocycles. The number of carbonyl (C=O) groups is 1. The van der Waals surface area contributed by atoms with Gasteiger partial charge in [-0.25, -0.2) is 0 Å². The van der Waals surface area contributed by atoms with Crippen LogP contribution in [-0.2, 0) is 6.42 Å². The average molecular weight is 327 g/mol. The molecule has 0 fully saturated rings. The lowest BCUT2D eigenvalue weighted by atomic mass is 9.73. The molecule has 2 aromatic rings. The number of benzene rings is 2. The number of aromatic hydroxyl groups is 1. The van der Waals surface area contributed by atoms with E-state index < -0.39 is 0 Å². The van der Waals surface area contributed by atoms with Crippen LogP contribution in [0.3, 0.4) is 0 Å². The van der Waals surface area contributed by atoms with Crippen LogP contribution in [-0.4, -0.2) is 18.0 Å². The molecule has 0 radical (unpaired) electrons. The Labute approximate surface area is 139 Å². The van der Waals surface area contributed by atoms with Crippen LogP contribution < -0.4 is 4.74 Å². The molecular formula is C18H17NO3S. The van der Waals surface area contributed by atoms with Crippen molar-refractivity contribution in [2.45, 2.75) is 31.6 Å². The summed E-state index contributed by atoms with van der Waals surface area (Å²) >= 11 is 1.04. The average Bonchev–Trinajstić information content (AvgIpc) is 2.48. The molecule has 5 heteroatoms. The molecule has 0 aromatic heterocycles. The summed E-state index contributed by atoms with van der Waals surface area (Å²) in [5.41, 5.74) is 0.934. The van der Waals surface area contributed by atoms with E-state index in [1.54, 1.807) is 6.07 Å². The Morgan fingerprint density at radius 2 is 2.09 bits per heavy atom. The number of thiocyanates is 1. The van der Waals surface area contributed by atoms with Gasteiger partial charge in [0.2, 0.25) is 0 Å². The monoisotopic (exact) mass is 327 g/mol. The molecular weight excluding hydrogens is 310 g/mol. The fraction of sp³-hybridized carbons (Fsp3) is 0.333. The summed E-state index contributed by atoms with van der Waals surface area (Å²) in [6, 6.07) is 5.42. The molecule has 0 bridgehead atoms. The van der Waals surface area contributed by atoms with Crippen LogP contribution in [0.25, 0.3) is 10.8 Å². The van der Waals surface area contributed by atoms with Crippen molar-refractivity contribution in [2.75, 3.05) is 7.11 Å². The summed E-state index contributed by atoms with van der Waals surface area (Å²) in [5, 5.41) is 23.3. The molecule has 0 heterocycles. The van der Waals surface area contributed by atoms with Crippen LogP contribution in [0.4, 0.5) is 0 Å². The second-order valence-corrected chi connectivity index (χ2v) is 7.34. The van der Waals surface area contributed by atoms with Gasteiger partial charge in [-0.3, -0.25) is 4.79 Å². The third kappa shape index (κ3) is 2.43. The van der Waals surface area contributed by atoms with Gasteiger partial charge in [0.15, 0.2) is 5.78 Å². The van der Waals surface area contributed by atoms with Crippen LogP contribution in [0.5, 0.6) is 11.5 Å².